The summed E-state index contributed by atoms with van der Waals surface area (Å²) in [5, 5.41) is 4.12. The number of hydrogen-bond donors (Lipinski definition) is 1. The average Bonchev–Trinajstić information content (AvgIpc) is 2.62. The number of nitrogens with two attached hydrogens (primary N) is 1. The van der Waals surface area contributed by atoms with Gasteiger partial charge in [-0.25, -0.2) is 0 Å². The van der Waals surface area contributed by atoms with E-state index in [-0.39, 0.29) is 6.10 Å². The van der Waals surface area contributed by atoms with Gasteiger partial charge in [-0.05, 0) is 0 Å². The molecule has 0 bridgehead atoms. The Kier molecular flexibility index (Phi) is 2.33. The highest BCUT2D eigenvalue weighted by atomic mass is 16.6. The average molecular weight is 197 g/mol. The topological polar surface area (TPSA) is 62.3 Å². The van der Waals surface area contributed by atoms with Crippen LogP contribution < -0.4 is 10.5 Å². The van der Waals surface area contributed by atoms with Crippen molar-refractivity contribution >= 4 is 5.69 Å². The van der Waals surface area contributed by atoms with Gasteiger partial charge in [-0.2, -0.15) is 0 Å². The van der Waals surface area contributed by atoms with E-state index in [2.05, 4.69) is 12.0 Å². The van der Waals surface area contributed by atoms with Gasteiger partial charge in [0, 0.05) is 13.0 Å². The second kappa shape index (κ2) is 3.49. The molecule has 2 heterocycles. The number of nitrogen functional groups attached to an aromatic ring is 1. The summed E-state index contributed by atoms with van der Waals surface area (Å²) < 4.78 is 12.6. The van der Waals surface area contributed by atoms with E-state index in [9.17, 15) is 0 Å². The summed E-state index contributed by atoms with van der Waals surface area (Å²) in [5.74, 6) is 0.909. The van der Waals surface area contributed by atoms with Crippen LogP contribution in [0, 0.1) is 5.92 Å². The van der Waals surface area contributed by atoms with Crippen LogP contribution in [-0.4, -0.2) is 29.1 Å². The van der Waals surface area contributed by atoms with Gasteiger partial charge in [0.25, 0.3) is 5.88 Å². The van der Waals surface area contributed by atoms with Crippen LogP contribution in [0.25, 0.3) is 0 Å². The Hall–Kier alpha value is -1.23. The van der Waals surface area contributed by atoms with Crippen LogP contribution in [0.15, 0.2) is 6.20 Å². The van der Waals surface area contributed by atoms with Crippen molar-refractivity contribution < 1.29 is 9.47 Å². The third-order valence-electron chi connectivity index (χ3n) is 2.38. The molecule has 1 aromatic heterocycles. The van der Waals surface area contributed by atoms with Gasteiger partial charge in [-0.3, -0.25) is 4.68 Å². The van der Waals surface area contributed by atoms with Crippen molar-refractivity contribution in [2.75, 3.05) is 18.9 Å². The van der Waals surface area contributed by atoms with Gasteiger partial charge in [0.15, 0.2) is 0 Å². The van der Waals surface area contributed by atoms with Crippen molar-refractivity contribution in [2.24, 2.45) is 13.0 Å². The van der Waals surface area contributed by atoms with Gasteiger partial charge < -0.3 is 15.2 Å². The van der Waals surface area contributed by atoms with E-state index in [0.717, 1.165) is 6.61 Å². The first kappa shape index (κ1) is 9.33. The van der Waals surface area contributed by atoms with Gasteiger partial charge in [-0.15, -0.1) is 5.10 Å². The molecule has 5 nitrogen and oxygen atoms in total. The Bertz CT molecular complexity index is 324. The number of hydrogen-bond acceptors (Lipinski definition) is 4. The van der Waals surface area contributed by atoms with Crippen molar-refractivity contribution in [1.29, 1.82) is 0 Å². The minimum absolute atomic E-state index is 0.0761. The Morgan fingerprint density at radius 2 is 2.43 bits per heavy atom. The molecule has 2 atom stereocenters. The molecule has 78 valence electrons. The monoisotopic (exact) mass is 197 g/mol. The number of nitrogens with zero attached hydrogens (tertiary/aromatic N) is 2. The van der Waals surface area contributed by atoms with Crippen molar-refractivity contribution in [1.82, 2.24) is 9.78 Å². The maximum Gasteiger partial charge on any atom is 0.256 e. The molecule has 1 fully saturated rings. The van der Waals surface area contributed by atoms with E-state index in [1.807, 2.05) is 7.05 Å². The Morgan fingerprint density at radius 1 is 1.64 bits per heavy atom. The molecule has 1 aliphatic rings. The van der Waals surface area contributed by atoms with Crippen LogP contribution >= 0.6 is 0 Å². The number of anilines is 1. The summed E-state index contributed by atoms with van der Waals surface area (Å²) >= 11 is 0. The summed E-state index contributed by atoms with van der Waals surface area (Å²) in [7, 11) is 1.82. The largest absolute Gasteiger partial charge is 0.469 e. The van der Waals surface area contributed by atoms with E-state index in [1.165, 1.54) is 0 Å². The Labute approximate surface area is 82.8 Å². The SMILES string of the molecule is C[C@@H]1COC[C@H]1Oc1nn(C)cc1N. The maximum absolute atomic E-state index is 5.72. The zero-order valence-electron chi connectivity index (χ0n) is 8.43. The van der Waals surface area contributed by atoms with Gasteiger partial charge in [0.1, 0.15) is 11.8 Å². The number of aromatic nitrogens is 2. The Balaban J connectivity index is 2.06. The third-order valence-corrected chi connectivity index (χ3v) is 2.38. The summed E-state index contributed by atoms with van der Waals surface area (Å²) in [6.07, 6.45) is 1.81. The summed E-state index contributed by atoms with van der Waals surface area (Å²) in [6, 6.07) is 0. The number of rotatable bonds is 2. The lowest BCUT2D eigenvalue weighted by atomic mass is 10.1. The molecule has 5 heteroatoms. The highest BCUT2D eigenvalue weighted by Gasteiger charge is 2.27. The first-order valence-corrected chi connectivity index (χ1v) is 4.70. The quantitative estimate of drug-likeness (QED) is 0.746. The molecule has 2 rings (SSSR count). The maximum atomic E-state index is 5.72. The van der Waals surface area contributed by atoms with Crippen LogP contribution in [0.1, 0.15) is 6.92 Å². The lowest BCUT2D eigenvalue weighted by molar-refractivity contribution is 0.134. The second-order valence-corrected chi connectivity index (χ2v) is 3.73. The van der Waals surface area contributed by atoms with Crippen LogP contribution in [-0.2, 0) is 11.8 Å². The van der Waals surface area contributed by atoms with E-state index in [0.29, 0.717) is 24.1 Å². The number of aryl methyl sites for hydroxylation is 1. The van der Waals surface area contributed by atoms with Crippen LogP contribution in [0.4, 0.5) is 5.69 Å². The van der Waals surface area contributed by atoms with Crippen LogP contribution in [0.5, 0.6) is 5.88 Å². The first-order valence-electron chi connectivity index (χ1n) is 4.70. The summed E-state index contributed by atoms with van der Waals surface area (Å²) in [4.78, 5) is 0. The van der Waals surface area contributed by atoms with Crippen molar-refractivity contribution in [3.8, 4) is 5.88 Å². The third kappa shape index (κ3) is 1.68. The highest BCUT2D eigenvalue weighted by molar-refractivity contribution is 5.45. The first-order chi connectivity index (χ1) is 6.66. The zero-order chi connectivity index (χ0) is 10.1. The fourth-order valence-corrected chi connectivity index (χ4v) is 1.51. The molecule has 2 N–H and O–H groups in total. The van der Waals surface area contributed by atoms with Crippen molar-refractivity contribution in [3.63, 3.8) is 0 Å². The fraction of sp³-hybridized carbons (Fsp3) is 0.667. The molecule has 0 saturated carbocycles. The van der Waals surface area contributed by atoms with E-state index in [4.69, 9.17) is 15.2 Å². The molecule has 0 amide bonds. The van der Waals surface area contributed by atoms with Gasteiger partial charge >= 0.3 is 0 Å². The minimum atomic E-state index is 0.0761. The van der Waals surface area contributed by atoms with Crippen LogP contribution in [0.3, 0.4) is 0 Å². The zero-order valence-corrected chi connectivity index (χ0v) is 8.43. The molecule has 0 aliphatic carbocycles. The molecule has 0 aromatic carbocycles. The molecule has 1 aromatic rings. The normalized spacial score (nSPS) is 26.7. The molecule has 0 unspecified atom stereocenters. The molecular weight excluding hydrogens is 182 g/mol. The van der Waals surface area contributed by atoms with Gasteiger partial charge in [0.2, 0.25) is 0 Å². The van der Waals surface area contributed by atoms with E-state index < -0.39 is 0 Å². The van der Waals surface area contributed by atoms with E-state index in [1.54, 1.807) is 10.9 Å². The van der Waals surface area contributed by atoms with Gasteiger partial charge in [0.05, 0.1) is 19.4 Å². The van der Waals surface area contributed by atoms with Gasteiger partial charge in [-0.1, -0.05) is 6.92 Å². The summed E-state index contributed by atoms with van der Waals surface area (Å²) in [5.41, 5.74) is 6.29. The lowest BCUT2D eigenvalue weighted by Crippen LogP contribution is -2.23. The van der Waals surface area contributed by atoms with Crippen LogP contribution in [0.2, 0.25) is 0 Å². The molecule has 0 spiro atoms. The molecule has 1 aliphatic heterocycles. The molecule has 14 heavy (non-hydrogen) atoms. The second-order valence-electron chi connectivity index (χ2n) is 3.73. The number of ether oxygens (including phenoxy) is 2. The van der Waals surface area contributed by atoms with E-state index >= 15 is 0 Å². The van der Waals surface area contributed by atoms with Crippen molar-refractivity contribution in [2.45, 2.75) is 13.0 Å². The minimum Gasteiger partial charge on any atom is -0.469 e. The standard InChI is InChI=1S/C9H15N3O2/c1-6-4-13-5-8(6)14-9-7(10)3-12(2)11-9/h3,6,8H,4-5,10H2,1-2H3/t6-,8-/m1/s1. The molecular formula is C9H15N3O2. The smallest absolute Gasteiger partial charge is 0.256 e. The Morgan fingerprint density at radius 3 is 2.93 bits per heavy atom. The van der Waals surface area contributed by atoms with Crippen molar-refractivity contribution in [3.05, 3.63) is 6.20 Å². The summed E-state index contributed by atoms with van der Waals surface area (Å²) in [6.45, 7) is 3.46. The fourth-order valence-electron chi connectivity index (χ4n) is 1.51. The predicted octanol–water partition coefficient (Wildman–Crippen LogP) is 0.416. The lowest BCUT2D eigenvalue weighted by Gasteiger charge is -2.13. The predicted molar refractivity (Wildman–Crippen MR) is 52.0 cm³/mol. The highest BCUT2D eigenvalue weighted by Crippen LogP contribution is 2.23. The molecule has 0 radical (unpaired) electrons. The molecule has 1 saturated heterocycles.